The van der Waals surface area contributed by atoms with Crippen molar-refractivity contribution in [2.75, 3.05) is 26.4 Å². The second-order valence-electron chi connectivity index (χ2n) is 5.98. The van der Waals surface area contributed by atoms with Crippen LogP contribution in [0.4, 0.5) is 0 Å². The maximum absolute atomic E-state index is 11.2. The highest BCUT2D eigenvalue weighted by molar-refractivity contribution is 5.76. The van der Waals surface area contributed by atoms with E-state index in [0.29, 0.717) is 13.0 Å². The lowest BCUT2D eigenvalue weighted by Gasteiger charge is -2.20. The Morgan fingerprint density at radius 2 is 1.39 bits per heavy atom. The van der Waals surface area contributed by atoms with E-state index >= 15 is 0 Å². The molecule has 0 amide bonds. The van der Waals surface area contributed by atoms with Gasteiger partial charge in [0.05, 0.1) is 13.3 Å². The molecule has 2 heterocycles. The van der Waals surface area contributed by atoms with Crippen LogP contribution in [-0.4, -0.2) is 98.7 Å². The summed E-state index contributed by atoms with van der Waals surface area (Å²) in [4.78, 5) is 36.0. The highest BCUT2D eigenvalue weighted by Crippen LogP contribution is 2.22. The number of nitrogens with zero attached hydrogens (tertiary/aromatic N) is 2. The van der Waals surface area contributed by atoms with Crippen molar-refractivity contribution in [1.29, 1.82) is 0 Å². The molecule has 0 radical (unpaired) electrons. The predicted molar refractivity (Wildman–Crippen MR) is 75.8 cm³/mol. The zero-order valence-electron chi connectivity index (χ0n) is 12.5. The Hall–Kier alpha value is -1.75. The van der Waals surface area contributed by atoms with E-state index in [1.54, 1.807) is 0 Å². The van der Waals surface area contributed by atoms with Crippen molar-refractivity contribution < 1.29 is 34.8 Å². The Balaban J connectivity index is 1.95. The van der Waals surface area contributed by atoms with E-state index in [4.69, 9.17) is 10.2 Å². The van der Waals surface area contributed by atoms with Crippen molar-refractivity contribution in [1.82, 2.24) is 15.1 Å². The third-order valence-corrected chi connectivity index (χ3v) is 4.37. The van der Waals surface area contributed by atoms with Crippen LogP contribution in [0.15, 0.2) is 0 Å². The summed E-state index contributed by atoms with van der Waals surface area (Å²) in [5, 5.41) is 39.6. The zero-order chi connectivity index (χ0) is 17.1. The van der Waals surface area contributed by atoms with Gasteiger partial charge in [-0.05, 0) is 12.8 Å². The number of aliphatic hydroxyl groups is 1. The summed E-state index contributed by atoms with van der Waals surface area (Å²) in [6.07, 6.45) is 0.568. The molecule has 4 atom stereocenters. The molecule has 2 fully saturated rings. The first-order valence-corrected chi connectivity index (χ1v) is 7.34. The van der Waals surface area contributed by atoms with E-state index in [1.807, 2.05) is 0 Å². The Morgan fingerprint density at radius 1 is 0.913 bits per heavy atom. The van der Waals surface area contributed by atoms with Gasteiger partial charge in [-0.3, -0.25) is 24.2 Å². The van der Waals surface area contributed by atoms with Gasteiger partial charge in [-0.25, -0.2) is 0 Å². The summed E-state index contributed by atoms with van der Waals surface area (Å²) in [5.74, 6) is -3.16. The summed E-state index contributed by atoms with van der Waals surface area (Å²) in [7, 11) is 0. The summed E-state index contributed by atoms with van der Waals surface area (Å²) in [6.45, 7) is -0.0830. The fourth-order valence-electron chi connectivity index (χ4n) is 3.40. The smallest absolute Gasteiger partial charge is 0.321 e. The lowest BCUT2D eigenvalue weighted by molar-refractivity contribution is -0.145. The molecule has 130 valence electrons. The van der Waals surface area contributed by atoms with E-state index in [0.717, 1.165) is 0 Å². The van der Waals surface area contributed by atoms with E-state index in [2.05, 4.69) is 5.32 Å². The van der Waals surface area contributed by atoms with Crippen LogP contribution in [0, 0.1) is 0 Å². The molecule has 0 aromatic heterocycles. The minimum absolute atomic E-state index is 0.188. The van der Waals surface area contributed by atoms with Gasteiger partial charge < -0.3 is 25.7 Å². The minimum atomic E-state index is -1.09. The van der Waals surface area contributed by atoms with Gasteiger partial charge in [-0.1, -0.05) is 0 Å². The second-order valence-corrected chi connectivity index (χ2v) is 5.98. The fraction of sp³-hybridized carbons (Fsp3) is 0.769. The van der Waals surface area contributed by atoms with Gasteiger partial charge >= 0.3 is 17.9 Å². The van der Waals surface area contributed by atoms with Crippen LogP contribution < -0.4 is 5.32 Å². The molecular formula is C13H21N3O7. The Labute approximate surface area is 132 Å². The van der Waals surface area contributed by atoms with Gasteiger partial charge in [-0.2, -0.15) is 0 Å². The van der Waals surface area contributed by atoms with Crippen LogP contribution in [0.25, 0.3) is 0 Å². The zero-order valence-corrected chi connectivity index (χ0v) is 12.5. The number of carboxylic acids is 3. The highest BCUT2D eigenvalue weighted by atomic mass is 16.4. The molecule has 0 aromatic rings. The second kappa shape index (κ2) is 7.21. The third kappa shape index (κ3) is 4.16. The fourth-order valence-corrected chi connectivity index (χ4v) is 3.40. The molecule has 5 N–H and O–H groups in total. The third-order valence-electron chi connectivity index (χ3n) is 4.37. The molecule has 2 rings (SSSR count). The number of hydrogen-bond acceptors (Lipinski definition) is 7. The van der Waals surface area contributed by atoms with Gasteiger partial charge in [0, 0.05) is 25.2 Å². The molecule has 2 aliphatic heterocycles. The summed E-state index contributed by atoms with van der Waals surface area (Å²) < 4.78 is 0. The van der Waals surface area contributed by atoms with Crippen molar-refractivity contribution in [2.45, 2.75) is 37.0 Å². The Bertz CT molecular complexity index is 486. The maximum atomic E-state index is 11.2. The van der Waals surface area contributed by atoms with E-state index in [1.165, 1.54) is 9.80 Å². The van der Waals surface area contributed by atoms with Gasteiger partial charge in [0.2, 0.25) is 0 Å². The SMILES string of the molecule is O=C(O)CN1C[C@@H](NC2C[C@@H](C(=O)O)N(CO)C2)C[C@H]1C(=O)O. The topological polar surface area (TPSA) is 151 Å². The number of hydrogen-bond donors (Lipinski definition) is 5. The summed E-state index contributed by atoms with van der Waals surface area (Å²) in [6, 6.07) is -2.06. The van der Waals surface area contributed by atoms with Crippen LogP contribution in [0.5, 0.6) is 0 Å². The van der Waals surface area contributed by atoms with Gasteiger partial charge in [0.25, 0.3) is 0 Å². The number of carboxylic acid groups (broad SMARTS) is 3. The molecule has 2 saturated heterocycles. The van der Waals surface area contributed by atoms with Gasteiger partial charge in [0.15, 0.2) is 0 Å². The van der Waals surface area contributed by atoms with Crippen molar-refractivity contribution in [3.8, 4) is 0 Å². The van der Waals surface area contributed by atoms with Crippen molar-refractivity contribution in [3.05, 3.63) is 0 Å². The van der Waals surface area contributed by atoms with Crippen LogP contribution in [0.2, 0.25) is 0 Å². The van der Waals surface area contributed by atoms with Crippen LogP contribution in [0.1, 0.15) is 12.8 Å². The number of aliphatic hydroxyl groups excluding tert-OH is 1. The number of rotatable bonds is 7. The Morgan fingerprint density at radius 3 is 1.78 bits per heavy atom. The molecule has 0 bridgehead atoms. The molecule has 1 unspecified atom stereocenters. The van der Waals surface area contributed by atoms with E-state index in [-0.39, 0.29) is 38.3 Å². The van der Waals surface area contributed by atoms with E-state index in [9.17, 15) is 24.6 Å². The molecule has 2 aliphatic rings. The normalized spacial score (nSPS) is 32.2. The number of nitrogens with one attached hydrogen (secondary N) is 1. The standard InChI is InChI=1S/C13H21N3O7/c17-6-16-4-8(2-10(16)13(22)23)14-7-1-9(12(20)21)15(3-7)5-11(18)19/h7-10,14,17H,1-6H2,(H,18,19)(H,20,21)(H,22,23)/t7-,8?,9-,10-/m0/s1. The number of carbonyl (C=O) groups is 3. The molecule has 10 heteroatoms. The first-order valence-electron chi connectivity index (χ1n) is 7.34. The monoisotopic (exact) mass is 331 g/mol. The maximum Gasteiger partial charge on any atom is 0.321 e. The van der Waals surface area contributed by atoms with Gasteiger partial charge in [0.1, 0.15) is 12.1 Å². The molecule has 23 heavy (non-hydrogen) atoms. The molecule has 10 nitrogen and oxygen atoms in total. The predicted octanol–water partition coefficient (Wildman–Crippen LogP) is -2.33. The lowest BCUT2D eigenvalue weighted by Crippen LogP contribution is -2.42. The summed E-state index contributed by atoms with van der Waals surface area (Å²) in [5.41, 5.74) is 0. The Kier molecular flexibility index (Phi) is 5.52. The number of likely N-dealkylation sites (tertiary alicyclic amines) is 2. The van der Waals surface area contributed by atoms with Crippen LogP contribution in [-0.2, 0) is 14.4 Å². The van der Waals surface area contributed by atoms with E-state index < -0.39 is 30.0 Å². The lowest BCUT2D eigenvalue weighted by atomic mass is 10.1. The molecule has 0 saturated carbocycles. The largest absolute Gasteiger partial charge is 0.480 e. The average molecular weight is 331 g/mol. The molecular weight excluding hydrogens is 310 g/mol. The van der Waals surface area contributed by atoms with Crippen molar-refractivity contribution in [2.24, 2.45) is 0 Å². The molecule has 0 spiro atoms. The van der Waals surface area contributed by atoms with Crippen molar-refractivity contribution >= 4 is 17.9 Å². The minimum Gasteiger partial charge on any atom is -0.480 e. The summed E-state index contributed by atoms with van der Waals surface area (Å²) >= 11 is 0. The first kappa shape index (κ1) is 17.6. The number of aliphatic carboxylic acids is 3. The van der Waals surface area contributed by atoms with Crippen molar-refractivity contribution in [3.63, 3.8) is 0 Å². The first-order chi connectivity index (χ1) is 10.8. The quantitative estimate of drug-likeness (QED) is 0.343. The van der Waals surface area contributed by atoms with Gasteiger partial charge in [-0.15, -0.1) is 0 Å². The van der Waals surface area contributed by atoms with Crippen LogP contribution in [0.3, 0.4) is 0 Å². The highest BCUT2D eigenvalue weighted by Gasteiger charge is 2.41. The van der Waals surface area contributed by atoms with Crippen LogP contribution >= 0.6 is 0 Å². The molecule has 0 aromatic carbocycles. The average Bonchev–Trinajstić information content (AvgIpc) is 3.02. The molecule has 0 aliphatic carbocycles.